The van der Waals surface area contributed by atoms with Crippen molar-refractivity contribution in [1.82, 2.24) is 4.98 Å². The van der Waals surface area contributed by atoms with Gasteiger partial charge in [0.25, 0.3) is 0 Å². The molecular weight excluding hydrogens is 400 g/mol. The van der Waals surface area contributed by atoms with Crippen LogP contribution in [-0.2, 0) is 15.3 Å². The van der Waals surface area contributed by atoms with E-state index in [1.807, 2.05) is 0 Å². The number of nitriles is 1. The molecule has 1 aliphatic carbocycles. The number of halogens is 1. The molecule has 1 fully saturated rings. The molecule has 142 valence electrons. The molecule has 0 unspecified atom stereocenters. The molecule has 2 aromatic heterocycles. The first-order valence-corrected chi connectivity index (χ1v) is 10.7. The number of sulfone groups is 1. The topological polar surface area (TPSA) is 101 Å². The minimum atomic E-state index is -3.69. The fourth-order valence-electron chi connectivity index (χ4n) is 3.16. The first-order chi connectivity index (χ1) is 13.3. The Kier molecular flexibility index (Phi) is 4.29. The second-order valence-corrected chi connectivity index (χ2v) is 9.47. The van der Waals surface area contributed by atoms with Gasteiger partial charge in [-0.2, -0.15) is 5.26 Å². The van der Waals surface area contributed by atoms with Gasteiger partial charge in [-0.3, -0.25) is 9.78 Å². The monoisotopic (exact) mass is 414 g/mol. The highest BCUT2D eigenvalue weighted by atomic mass is 35.5. The van der Waals surface area contributed by atoms with E-state index in [2.05, 4.69) is 11.1 Å². The van der Waals surface area contributed by atoms with Crippen molar-refractivity contribution in [1.29, 1.82) is 5.26 Å². The zero-order chi connectivity index (χ0) is 20.1. The number of pyridine rings is 1. The van der Waals surface area contributed by atoms with Crippen molar-refractivity contribution in [3.05, 3.63) is 57.5 Å². The van der Waals surface area contributed by atoms with E-state index in [4.69, 9.17) is 16.0 Å². The molecule has 1 aliphatic rings. The van der Waals surface area contributed by atoms with Crippen molar-refractivity contribution in [3.63, 3.8) is 0 Å². The maximum absolute atomic E-state index is 13.0. The van der Waals surface area contributed by atoms with E-state index in [9.17, 15) is 18.5 Å². The lowest BCUT2D eigenvalue weighted by molar-refractivity contribution is 0.596. The van der Waals surface area contributed by atoms with E-state index < -0.39 is 20.7 Å². The normalized spacial score (nSPS) is 15.3. The maximum atomic E-state index is 13.0. The summed E-state index contributed by atoms with van der Waals surface area (Å²) in [6.07, 6.45) is 4.00. The van der Waals surface area contributed by atoms with Crippen LogP contribution in [0.3, 0.4) is 0 Å². The summed E-state index contributed by atoms with van der Waals surface area (Å²) >= 11 is 5.93. The van der Waals surface area contributed by atoms with Gasteiger partial charge in [0.2, 0.25) is 5.43 Å². The fourth-order valence-corrected chi connectivity index (χ4v) is 4.39. The van der Waals surface area contributed by atoms with Gasteiger partial charge in [-0.25, -0.2) is 8.42 Å². The SMILES string of the molecule is CCS(=O)(=O)c1cc(C2(C#N)CC2)cnc1-c1coc2cc(Cl)ccc2c1=O. The smallest absolute Gasteiger partial charge is 0.202 e. The van der Waals surface area contributed by atoms with Gasteiger partial charge in [-0.1, -0.05) is 18.5 Å². The van der Waals surface area contributed by atoms with Gasteiger partial charge >= 0.3 is 0 Å². The molecule has 6 nitrogen and oxygen atoms in total. The molecule has 1 aromatic carbocycles. The summed E-state index contributed by atoms with van der Waals surface area (Å²) in [5.74, 6) is -0.154. The van der Waals surface area contributed by atoms with Crippen molar-refractivity contribution >= 4 is 32.4 Å². The van der Waals surface area contributed by atoms with Crippen LogP contribution < -0.4 is 5.43 Å². The molecule has 4 rings (SSSR count). The highest BCUT2D eigenvalue weighted by molar-refractivity contribution is 7.91. The molecule has 0 saturated heterocycles. The molecule has 3 aromatic rings. The second kappa shape index (κ2) is 6.43. The van der Waals surface area contributed by atoms with Gasteiger partial charge in [-0.15, -0.1) is 0 Å². The van der Waals surface area contributed by atoms with Gasteiger partial charge < -0.3 is 4.42 Å². The van der Waals surface area contributed by atoms with Crippen molar-refractivity contribution < 1.29 is 12.8 Å². The van der Waals surface area contributed by atoms with Crippen molar-refractivity contribution in [2.45, 2.75) is 30.1 Å². The number of hydrogen-bond donors (Lipinski definition) is 0. The average Bonchev–Trinajstić information content (AvgIpc) is 3.49. The van der Waals surface area contributed by atoms with Crippen LogP contribution in [-0.4, -0.2) is 19.2 Å². The summed E-state index contributed by atoms with van der Waals surface area (Å²) < 4.78 is 31.0. The van der Waals surface area contributed by atoms with Crippen LogP contribution in [0.2, 0.25) is 5.02 Å². The molecule has 0 amide bonds. The van der Waals surface area contributed by atoms with Crippen molar-refractivity contribution in [2.75, 3.05) is 5.75 Å². The van der Waals surface area contributed by atoms with Gasteiger partial charge in [-0.05, 0) is 36.6 Å². The Hall–Kier alpha value is -2.69. The van der Waals surface area contributed by atoms with Crippen LogP contribution in [0.5, 0.6) is 0 Å². The maximum Gasteiger partial charge on any atom is 0.202 e. The predicted molar refractivity (Wildman–Crippen MR) is 105 cm³/mol. The summed E-state index contributed by atoms with van der Waals surface area (Å²) in [4.78, 5) is 17.2. The minimum absolute atomic E-state index is 0.0324. The van der Waals surface area contributed by atoms with Crippen molar-refractivity contribution in [3.8, 4) is 17.3 Å². The first-order valence-electron chi connectivity index (χ1n) is 8.67. The number of aromatic nitrogens is 1. The Morgan fingerprint density at radius 2 is 2.07 bits per heavy atom. The van der Waals surface area contributed by atoms with Crippen LogP contribution in [0, 0.1) is 11.3 Å². The number of benzene rings is 1. The highest BCUT2D eigenvalue weighted by Gasteiger charge is 2.46. The molecule has 0 atom stereocenters. The summed E-state index contributed by atoms with van der Waals surface area (Å²) in [5.41, 5.74) is -0.136. The molecule has 0 bridgehead atoms. The van der Waals surface area contributed by atoms with Gasteiger partial charge in [0.1, 0.15) is 11.8 Å². The van der Waals surface area contributed by atoms with Crippen LogP contribution in [0.1, 0.15) is 25.3 Å². The second-order valence-electron chi connectivity index (χ2n) is 6.79. The molecule has 0 spiro atoms. The summed E-state index contributed by atoms with van der Waals surface area (Å²) in [5, 5.41) is 10.1. The zero-order valence-corrected chi connectivity index (χ0v) is 16.5. The van der Waals surface area contributed by atoms with Gasteiger partial charge in [0, 0.05) is 17.3 Å². The molecular formula is C20H15ClN2O4S. The number of nitrogens with zero attached hydrogens (tertiary/aromatic N) is 2. The van der Waals surface area contributed by atoms with E-state index in [0.717, 1.165) is 0 Å². The summed E-state index contributed by atoms with van der Waals surface area (Å²) in [7, 11) is -3.69. The molecule has 2 heterocycles. The van der Waals surface area contributed by atoms with Gasteiger partial charge in [0.15, 0.2) is 9.84 Å². The Labute approximate surface area is 166 Å². The predicted octanol–water partition coefficient (Wildman–Crippen LogP) is 3.86. The standard InChI is InChI=1S/C20H15ClN2O4S/c1-2-28(25,26)17-7-12(20(11-22)5-6-20)9-23-18(17)15-10-27-16-8-13(21)3-4-14(16)19(15)24/h3-4,7-10H,2,5-6H2,1H3. The van der Waals surface area contributed by atoms with Crippen LogP contribution in [0.4, 0.5) is 0 Å². The average molecular weight is 415 g/mol. The molecule has 0 aliphatic heterocycles. The number of rotatable bonds is 4. The zero-order valence-electron chi connectivity index (χ0n) is 14.9. The Bertz CT molecular complexity index is 1320. The lowest BCUT2D eigenvalue weighted by Crippen LogP contribution is -2.14. The third-order valence-corrected chi connectivity index (χ3v) is 7.05. The highest BCUT2D eigenvalue weighted by Crippen LogP contribution is 2.48. The molecule has 8 heteroatoms. The number of hydrogen-bond acceptors (Lipinski definition) is 6. The Morgan fingerprint density at radius 3 is 2.71 bits per heavy atom. The van der Waals surface area contributed by atoms with Gasteiger partial charge in [0.05, 0.1) is 38.8 Å². The van der Waals surface area contributed by atoms with Crippen LogP contribution >= 0.6 is 11.6 Å². The van der Waals surface area contributed by atoms with Crippen LogP contribution in [0.15, 0.2) is 50.8 Å². The molecule has 1 saturated carbocycles. The van der Waals surface area contributed by atoms with E-state index in [-0.39, 0.29) is 27.3 Å². The largest absolute Gasteiger partial charge is 0.463 e. The van der Waals surface area contributed by atoms with E-state index in [1.165, 1.54) is 37.6 Å². The van der Waals surface area contributed by atoms with E-state index >= 15 is 0 Å². The molecule has 0 N–H and O–H groups in total. The minimum Gasteiger partial charge on any atom is -0.463 e. The van der Waals surface area contributed by atoms with Crippen molar-refractivity contribution in [2.24, 2.45) is 0 Å². The lowest BCUT2D eigenvalue weighted by atomic mass is 9.99. The van der Waals surface area contributed by atoms with E-state index in [1.54, 1.807) is 6.07 Å². The molecule has 28 heavy (non-hydrogen) atoms. The third kappa shape index (κ3) is 2.89. The first kappa shape index (κ1) is 18.7. The Morgan fingerprint density at radius 1 is 1.32 bits per heavy atom. The van der Waals surface area contributed by atoms with Crippen LogP contribution in [0.25, 0.3) is 22.2 Å². The quantitative estimate of drug-likeness (QED) is 0.642. The summed E-state index contributed by atoms with van der Waals surface area (Å²) in [6.45, 7) is 1.52. The van der Waals surface area contributed by atoms with E-state index in [0.29, 0.717) is 29.0 Å². The third-order valence-electron chi connectivity index (χ3n) is 5.08. The fraction of sp³-hybridized carbons (Fsp3) is 0.250. The summed E-state index contributed by atoms with van der Waals surface area (Å²) in [6, 6.07) is 8.33. The molecule has 0 radical (unpaired) electrons. The Balaban J connectivity index is 1.99. The number of fused-ring (bicyclic) bond motifs is 1. The lowest BCUT2D eigenvalue weighted by Gasteiger charge is -2.13.